The fourth-order valence-corrected chi connectivity index (χ4v) is 2.68. The topological polar surface area (TPSA) is 93.8 Å². The van der Waals surface area contributed by atoms with E-state index in [1.807, 2.05) is 6.92 Å². The Morgan fingerprint density at radius 3 is 2.68 bits per heavy atom. The number of carbonyl (C=O) groups is 1. The smallest absolute Gasteiger partial charge is 0.272 e. The molecular formula is C18H18FN5O. The van der Waals surface area contributed by atoms with Gasteiger partial charge in [-0.2, -0.15) is 0 Å². The maximum atomic E-state index is 14.5. The van der Waals surface area contributed by atoms with E-state index in [0.717, 1.165) is 6.42 Å². The average molecular weight is 339 g/mol. The predicted octanol–water partition coefficient (Wildman–Crippen LogP) is 2.86. The van der Waals surface area contributed by atoms with Gasteiger partial charge in [0.25, 0.3) is 5.91 Å². The molecule has 0 aliphatic rings. The maximum Gasteiger partial charge on any atom is 0.272 e. The SMILES string of the molecule is CCCNC(=O)c1ncc2c(-c3nccnc3C)c(F)ccc2c1N. The molecule has 0 radical (unpaired) electrons. The second-order valence-electron chi connectivity index (χ2n) is 5.65. The summed E-state index contributed by atoms with van der Waals surface area (Å²) < 4.78 is 14.5. The van der Waals surface area contributed by atoms with E-state index in [0.29, 0.717) is 28.7 Å². The van der Waals surface area contributed by atoms with E-state index in [9.17, 15) is 9.18 Å². The lowest BCUT2D eigenvalue weighted by Gasteiger charge is -2.13. The summed E-state index contributed by atoms with van der Waals surface area (Å²) in [5, 5.41) is 3.79. The van der Waals surface area contributed by atoms with Crippen LogP contribution in [0.2, 0.25) is 0 Å². The van der Waals surface area contributed by atoms with Crippen molar-refractivity contribution >= 4 is 22.4 Å². The highest BCUT2D eigenvalue weighted by molar-refractivity contribution is 6.09. The molecule has 1 aromatic carbocycles. The number of aryl methyl sites for hydroxylation is 1. The molecule has 0 aliphatic heterocycles. The third kappa shape index (κ3) is 3.00. The van der Waals surface area contributed by atoms with Crippen molar-refractivity contribution in [2.75, 3.05) is 12.3 Å². The molecule has 0 fully saturated rings. The molecule has 2 aromatic heterocycles. The number of aromatic nitrogens is 3. The van der Waals surface area contributed by atoms with Crippen molar-refractivity contribution in [3.05, 3.63) is 47.9 Å². The molecule has 0 saturated heterocycles. The molecule has 0 unspecified atom stereocenters. The van der Waals surface area contributed by atoms with Crippen LogP contribution in [0.4, 0.5) is 10.1 Å². The molecule has 0 spiro atoms. The summed E-state index contributed by atoms with van der Waals surface area (Å²) in [7, 11) is 0. The number of pyridine rings is 1. The van der Waals surface area contributed by atoms with Gasteiger partial charge in [0.1, 0.15) is 5.82 Å². The molecule has 6 nitrogen and oxygen atoms in total. The molecule has 1 amide bonds. The number of nitrogen functional groups attached to an aromatic ring is 1. The van der Waals surface area contributed by atoms with E-state index in [2.05, 4.69) is 20.3 Å². The summed E-state index contributed by atoms with van der Waals surface area (Å²) in [6.45, 7) is 4.24. The molecule has 0 saturated carbocycles. The van der Waals surface area contributed by atoms with Gasteiger partial charge in [-0.1, -0.05) is 6.92 Å². The number of carbonyl (C=O) groups excluding carboxylic acids is 1. The maximum absolute atomic E-state index is 14.5. The minimum atomic E-state index is -0.444. The van der Waals surface area contributed by atoms with Gasteiger partial charge in [0.2, 0.25) is 0 Å². The minimum Gasteiger partial charge on any atom is -0.396 e. The number of nitrogens with one attached hydrogen (secondary N) is 1. The fourth-order valence-electron chi connectivity index (χ4n) is 2.68. The Morgan fingerprint density at radius 1 is 1.20 bits per heavy atom. The summed E-state index contributed by atoms with van der Waals surface area (Å²) in [6.07, 6.45) is 5.31. The lowest BCUT2D eigenvalue weighted by atomic mass is 10.00. The molecule has 7 heteroatoms. The average Bonchev–Trinajstić information content (AvgIpc) is 2.61. The predicted molar refractivity (Wildman–Crippen MR) is 94.5 cm³/mol. The Labute approximate surface area is 144 Å². The first-order chi connectivity index (χ1) is 12.0. The molecular weight excluding hydrogens is 321 g/mol. The zero-order chi connectivity index (χ0) is 18.0. The second kappa shape index (κ2) is 6.80. The van der Waals surface area contributed by atoms with Crippen LogP contribution < -0.4 is 11.1 Å². The Bertz CT molecular complexity index is 958. The number of rotatable bonds is 4. The van der Waals surface area contributed by atoms with Crippen LogP contribution in [0.1, 0.15) is 29.5 Å². The first-order valence-corrected chi connectivity index (χ1v) is 7.97. The number of benzene rings is 1. The number of halogens is 1. The van der Waals surface area contributed by atoms with Gasteiger partial charge in [0, 0.05) is 41.5 Å². The van der Waals surface area contributed by atoms with Crippen molar-refractivity contribution in [2.45, 2.75) is 20.3 Å². The van der Waals surface area contributed by atoms with Crippen LogP contribution in [-0.2, 0) is 0 Å². The molecule has 0 bridgehead atoms. The van der Waals surface area contributed by atoms with Crippen LogP contribution in [-0.4, -0.2) is 27.4 Å². The Kier molecular flexibility index (Phi) is 4.56. The lowest BCUT2D eigenvalue weighted by molar-refractivity contribution is 0.0950. The van der Waals surface area contributed by atoms with Crippen molar-refractivity contribution in [1.29, 1.82) is 0 Å². The summed E-state index contributed by atoms with van der Waals surface area (Å²) in [5.41, 5.74) is 7.80. The summed E-state index contributed by atoms with van der Waals surface area (Å²) >= 11 is 0. The number of anilines is 1. The zero-order valence-corrected chi connectivity index (χ0v) is 14.0. The monoisotopic (exact) mass is 339 g/mol. The van der Waals surface area contributed by atoms with E-state index in [-0.39, 0.29) is 22.9 Å². The summed E-state index contributed by atoms with van der Waals surface area (Å²) in [4.78, 5) is 24.8. The van der Waals surface area contributed by atoms with Crippen molar-refractivity contribution in [3.8, 4) is 11.3 Å². The summed E-state index contributed by atoms with van der Waals surface area (Å²) in [5.74, 6) is -0.789. The van der Waals surface area contributed by atoms with Gasteiger partial charge in [-0.25, -0.2) is 9.37 Å². The molecule has 128 valence electrons. The molecule has 2 heterocycles. The van der Waals surface area contributed by atoms with Crippen molar-refractivity contribution in [2.24, 2.45) is 0 Å². The van der Waals surface area contributed by atoms with E-state index < -0.39 is 5.82 Å². The lowest BCUT2D eigenvalue weighted by Crippen LogP contribution is -2.26. The third-order valence-electron chi connectivity index (χ3n) is 3.93. The van der Waals surface area contributed by atoms with E-state index in [4.69, 9.17) is 5.73 Å². The fraction of sp³-hybridized carbons (Fsp3) is 0.222. The largest absolute Gasteiger partial charge is 0.396 e. The van der Waals surface area contributed by atoms with Gasteiger partial charge in [0.15, 0.2) is 5.69 Å². The Balaban J connectivity index is 2.21. The normalized spacial score (nSPS) is 10.8. The number of amides is 1. The number of nitrogens with two attached hydrogens (primary N) is 1. The van der Waals surface area contributed by atoms with Crippen molar-refractivity contribution in [3.63, 3.8) is 0 Å². The molecule has 3 rings (SSSR count). The molecule has 25 heavy (non-hydrogen) atoms. The number of fused-ring (bicyclic) bond motifs is 1. The zero-order valence-electron chi connectivity index (χ0n) is 14.0. The van der Waals surface area contributed by atoms with Gasteiger partial charge in [-0.3, -0.25) is 14.8 Å². The van der Waals surface area contributed by atoms with E-state index in [1.54, 1.807) is 19.2 Å². The van der Waals surface area contributed by atoms with Crippen molar-refractivity contribution < 1.29 is 9.18 Å². The van der Waals surface area contributed by atoms with E-state index >= 15 is 0 Å². The first kappa shape index (κ1) is 16.8. The quantitative estimate of drug-likeness (QED) is 0.762. The minimum absolute atomic E-state index is 0.134. The molecule has 0 atom stereocenters. The van der Waals surface area contributed by atoms with Crippen LogP contribution in [0.25, 0.3) is 22.0 Å². The Morgan fingerprint density at radius 2 is 1.96 bits per heavy atom. The second-order valence-corrected chi connectivity index (χ2v) is 5.65. The number of nitrogens with zero attached hydrogens (tertiary/aromatic N) is 3. The standard InChI is InChI=1S/C18H18FN5O/c1-3-6-23-18(25)17-15(20)11-4-5-13(19)14(12(11)9-24-17)16-10(2)21-7-8-22-16/h4-5,7-9H,3,6,20H2,1-2H3,(H,23,25). The molecule has 0 aliphatic carbocycles. The highest BCUT2D eigenvalue weighted by Crippen LogP contribution is 2.34. The van der Waals surface area contributed by atoms with Gasteiger partial charge in [-0.15, -0.1) is 0 Å². The van der Waals surface area contributed by atoms with Gasteiger partial charge in [0.05, 0.1) is 17.1 Å². The van der Waals surface area contributed by atoms with Crippen molar-refractivity contribution in [1.82, 2.24) is 20.3 Å². The van der Waals surface area contributed by atoms with Crippen LogP contribution in [0, 0.1) is 12.7 Å². The highest BCUT2D eigenvalue weighted by Gasteiger charge is 2.19. The van der Waals surface area contributed by atoms with Crippen LogP contribution >= 0.6 is 0 Å². The van der Waals surface area contributed by atoms with Crippen LogP contribution in [0.3, 0.4) is 0 Å². The van der Waals surface area contributed by atoms with Crippen LogP contribution in [0.5, 0.6) is 0 Å². The Hall–Kier alpha value is -3.09. The van der Waals surface area contributed by atoms with Crippen LogP contribution in [0.15, 0.2) is 30.7 Å². The molecule has 3 N–H and O–H groups in total. The van der Waals surface area contributed by atoms with Gasteiger partial charge < -0.3 is 11.1 Å². The first-order valence-electron chi connectivity index (χ1n) is 7.97. The van der Waals surface area contributed by atoms with E-state index in [1.165, 1.54) is 18.5 Å². The third-order valence-corrected chi connectivity index (χ3v) is 3.93. The van der Waals surface area contributed by atoms with Gasteiger partial charge in [-0.05, 0) is 25.5 Å². The number of hydrogen-bond acceptors (Lipinski definition) is 5. The highest BCUT2D eigenvalue weighted by atomic mass is 19.1. The molecule has 3 aromatic rings. The number of hydrogen-bond donors (Lipinski definition) is 2. The van der Waals surface area contributed by atoms with Gasteiger partial charge >= 0.3 is 0 Å². The summed E-state index contributed by atoms with van der Waals surface area (Å²) in [6, 6.07) is 2.86.